The molecule has 0 radical (unpaired) electrons. The van der Waals surface area contributed by atoms with Gasteiger partial charge in [0.05, 0.1) is 16.8 Å². The number of hydrogen-bond donors (Lipinski definition) is 1. The van der Waals surface area contributed by atoms with E-state index in [9.17, 15) is 18.0 Å². The molecule has 182 valence electrons. The summed E-state index contributed by atoms with van der Waals surface area (Å²) in [6, 6.07) is 13.2. The highest BCUT2D eigenvalue weighted by Crippen LogP contribution is 2.15. The van der Waals surface area contributed by atoms with E-state index < -0.39 is 10.0 Å². The lowest BCUT2D eigenvalue weighted by Gasteiger charge is -2.34. The van der Waals surface area contributed by atoms with E-state index >= 15 is 0 Å². The van der Waals surface area contributed by atoms with E-state index in [2.05, 4.69) is 15.2 Å². The third-order valence-electron chi connectivity index (χ3n) is 6.09. The molecule has 4 rings (SSSR count). The van der Waals surface area contributed by atoms with Gasteiger partial charge in [0.15, 0.2) is 0 Å². The van der Waals surface area contributed by atoms with Crippen LogP contribution in [-0.4, -0.2) is 71.2 Å². The molecule has 0 unspecified atom stereocenters. The van der Waals surface area contributed by atoms with E-state index in [0.29, 0.717) is 32.7 Å². The van der Waals surface area contributed by atoms with Crippen LogP contribution in [0.4, 0.5) is 5.82 Å². The molecule has 1 aliphatic rings. The van der Waals surface area contributed by atoms with Gasteiger partial charge in [-0.15, -0.1) is 0 Å². The van der Waals surface area contributed by atoms with Crippen molar-refractivity contribution >= 4 is 32.8 Å². The van der Waals surface area contributed by atoms with Gasteiger partial charge < -0.3 is 10.2 Å². The van der Waals surface area contributed by atoms with Gasteiger partial charge in [0.2, 0.25) is 15.9 Å². The SMILES string of the molecule is CCn1c(=O)n(CCC(=O)NCCS(=O)(=O)N2CCN(c3ccccn3)CC2)c2ccccc21. The maximum absolute atomic E-state index is 12.7. The summed E-state index contributed by atoms with van der Waals surface area (Å²) in [7, 11) is -3.47. The number of aromatic nitrogens is 3. The average molecular weight is 487 g/mol. The molecule has 0 atom stereocenters. The monoisotopic (exact) mass is 486 g/mol. The van der Waals surface area contributed by atoms with E-state index in [1.807, 2.05) is 49.4 Å². The number of fused-ring (bicyclic) bond motifs is 1. The molecule has 10 nitrogen and oxygen atoms in total. The Kier molecular flexibility index (Phi) is 7.32. The van der Waals surface area contributed by atoms with E-state index in [1.54, 1.807) is 15.3 Å². The van der Waals surface area contributed by atoms with Crippen LogP contribution in [0.25, 0.3) is 11.0 Å². The third kappa shape index (κ3) is 5.15. The molecule has 0 aliphatic carbocycles. The molecule has 1 aromatic carbocycles. The van der Waals surface area contributed by atoms with Gasteiger partial charge in [-0.2, -0.15) is 4.31 Å². The Morgan fingerprint density at radius 2 is 1.68 bits per heavy atom. The van der Waals surface area contributed by atoms with Crippen molar-refractivity contribution < 1.29 is 13.2 Å². The molecule has 1 aliphatic heterocycles. The zero-order chi connectivity index (χ0) is 24.1. The summed E-state index contributed by atoms with van der Waals surface area (Å²) in [6.45, 7) is 4.64. The molecule has 3 aromatic rings. The number of benzene rings is 1. The van der Waals surface area contributed by atoms with Crippen LogP contribution in [0, 0.1) is 0 Å². The molecule has 0 bridgehead atoms. The Balaban J connectivity index is 1.25. The first kappa shape index (κ1) is 24.0. The zero-order valence-corrected chi connectivity index (χ0v) is 20.1. The van der Waals surface area contributed by atoms with Gasteiger partial charge in [-0.1, -0.05) is 18.2 Å². The van der Waals surface area contributed by atoms with Crippen molar-refractivity contribution in [3.05, 3.63) is 59.1 Å². The van der Waals surface area contributed by atoms with Crippen molar-refractivity contribution in [3.63, 3.8) is 0 Å². The number of imidazole rings is 1. The Bertz CT molecular complexity index is 1290. The lowest BCUT2D eigenvalue weighted by atomic mass is 10.3. The second-order valence-electron chi connectivity index (χ2n) is 8.16. The Labute approximate surface area is 198 Å². The van der Waals surface area contributed by atoms with E-state index in [0.717, 1.165) is 16.9 Å². The van der Waals surface area contributed by atoms with Crippen molar-refractivity contribution in [1.29, 1.82) is 0 Å². The predicted molar refractivity (Wildman–Crippen MR) is 131 cm³/mol. The molecule has 2 aromatic heterocycles. The first-order valence-electron chi connectivity index (χ1n) is 11.5. The Hall–Kier alpha value is -3.18. The molecule has 3 heterocycles. The summed E-state index contributed by atoms with van der Waals surface area (Å²) in [5.41, 5.74) is 1.48. The maximum atomic E-state index is 12.7. The highest BCUT2D eigenvalue weighted by Gasteiger charge is 2.27. The average Bonchev–Trinajstić information content (AvgIpc) is 3.13. The minimum Gasteiger partial charge on any atom is -0.355 e. The summed E-state index contributed by atoms with van der Waals surface area (Å²) in [5, 5.41) is 2.68. The fourth-order valence-electron chi connectivity index (χ4n) is 4.28. The Morgan fingerprint density at radius 1 is 1.00 bits per heavy atom. The van der Waals surface area contributed by atoms with Gasteiger partial charge in [0, 0.05) is 58.4 Å². The number of para-hydroxylation sites is 2. The molecule has 1 N–H and O–H groups in total. The number of nitrogens with one attached hydrogen (secondary N) is 1. The highest BCUT2D eigenvalue weighted by atomic mass is 32.2. The molecule has 0 saturated carbocycles. The topological polar surface area (TPSA) is 110 Å². The summed E-state index contributed by atoms with van der Waals surface area (Å²) in [4.78, 5) is 31.4. The van der Waals surface area contributed by atoms with Crippen LogP contribution in [0.15, 0.2) is 53.5 Å². The van der Waals surface area contributed by atoms with Crippen molar-refractivity contribution in [2.45, 2.75) is 26.4 Å². The zero-order valence-electron chi connectivity index (χ0n) is 19.3. The highest BCUT2D eigenvalue weighted by molar-refractivity contribution is 7.89. The van der Waals surface area contributed by atoms with Gasteiger partial charge in [-0.05, 0) is 31.2 Å². The molecule has 1 saturated heterocycles. The van der Waals surface area contributed by atoms with Crippen LogP contribution < -0.4 is 15.9 Å². The van der Waals surface area contributed by atoms with Crippen molar-refractivity contribution in [3.8, 4) is 0 Å². The maximum Gasteiger partial charge on any atom is 0.329 e. The summed E-state index contributed by atoms with van der Waals surface area (Å²) < 4.78 is 30.2. The number of anilines is 1. The molecular weight excluding hydrogens is 456 g/mol. The first-order chi connectivity index (χ1) is 16.4. The second-order valence-corrected chi connectivity index (χ2v) is 10.2. The number of hydrogen-bond acceptors (Lipinski definition) is 6. The lowest BCUT2D eigenvalue weighted by Crippen LogP contribution is -2.50. The van der Waals surface area contributed by atoms with Crippen LogP contribution in [-0.2, 0) is 27.9 Å². The number of pyridine rings is 1. The van der Waals surface area contributed by atoms with Gasteiger partial charge >= 0.3 is 5.69 Å². The number of rotatable bonds is 9. The van der Waals surface area contributed by atoms with Gasteiger partial charge in [-0.3, -0.25) is 13.9 Å². The third-order valence-corrected chi connectivity index (χ3v) is 7.96. The van der Waals surface area contributed by atoms with Gasteiger partial charge in [0.1, 0.15) is 5.82 Å². The molecule has 1 fully saturated rings. The molecule has 0 spiro atoms. The molecule has 11 heteroatoms. The normalized spacial score (nSPS) is 15.0. The number of carbonyl (C=O) groups is 1. The van der Waals surface area contributed by atoms with E-state index in [4.69, 9.17) is 0 Å². The Morgan fingerprint density at radius 3 is 2.32 bits per heavy atom. The quantitative estimate of drug-likeness (QED) is 0.481. The van der Waals surface area contributed by atoms with Gasteiger partial charge in [-0.25, -0.2) is 18.2 Å². The fraction of sp³-hybridized carbons (Fsp3) is 0.435. The number of amides is 1. The van der Waals surface area contributed by atoms with E-state index in [-0.39, 0.29) is 36.9 Å². The van der Waals surface area contributed by atoms with E-state index in [1.165, 1.54) is 4.31 Å². The van der Waals surface area contributed by atoms with Crippen LogP contribution in [0.3, 0.4) is 0 Å². The number of nitrogens with zero attached hydrogens (tertiary/aromatic N) is 5. The number of piperazine rings is 1. The smallest absolute Gasteiger partial charge is 0.329 e. The standard InChI is InChI=1S/C23H30N6O4S/c1-2-28-19-7-3-4-8-20(19)29(23(28)31)13-10-22(30)25-12-18-34(32,33)27-16-14-26(15-17-27)21-9-5-6-11-24-21/h3-9,11H,2,10,12-18H2,1H3,(H,25,30). The molecule has 34 heavy (non-hydrogen) atoms. The minimum atomic E-state index is -3.47. The summed E-state index contributed by atoms with van der Waals surface area (Å²) >= 11 is 0. The van der Waals surface area contributed by atoms with Crippen LogP contribution in [0.5, 0.6) is 0 Å². The van der Waals surface area contributed by atoms with Crippen LogP contribution in [0.1, 0.15) is 13.3 Å². The lowest BCUT2D eigenvalue weighted by molar-refractivity contribution is -0.121. The summed E-state index contributed by atoms with van der Waals surface area (Å²) in [6.07, 6.45) is 1.82. The predicted octanol–water partition coefficient (Wildman–Crippen LogP) is 0.876. The number of aryl methyl sites for hydroxylation is 2. The summed E-state index contributed by atoms with van der Waals surface area (Å²) in [5.74, 6) is 0.403. The molecule has 1 amide bonds. The van der Waals surface area contributed by atoms with Crippen molar-refractivity contribution in [1.82, 2.24) is 23.7 Å². The molecular formula is C23H30N6O4S. The first-order valence-corrected chi connectivity index (χ1v) is 13.1. The van der Waals surface area contributed by atoms with Crippen LogP contribution in [0.2, 0.25) is 0 Å². The van der Waals surface area contributed by atoms with Crippen LogP contribution >= 0.6 is 0 Å². The largest absolute Gasteiger partial charge is 0.355 e. The number of sulfonamides is 1. The minimum absolute atomic E-state index is 0.0350. The van der Waals surface area contributed by atoms with Crippen molar-refractivity contribution in [2.75, 3.05) is 43.4 Å². The fourth-order valence-corrected chi connectivity index (χ4v) is 5.62. The number of carbonyl (C=O) groups excluding carboxylic acids is 1. The van der Waals surface area contributed by atoms with Crippen molar-refractivity contribution in [2.24, 2.45) is 0 Å². The second kappa shape index (κ2) is 10.4. The van der Waals surface area contributed by atoms with Gasteiger partial charge in [0.25, 0.3) is 0 Å².